The highest BCUT2D eigenvalue weighted by Gasteiger charge is 2.47. The van der Waals surface area contributed by atoms with Crippen LogP contribution >= 0.6 is 34.8 Å². The van der Waals surface area contributed by atoms with Gasteiger partial charge in [0.05, 0.1) is 5.71 Å². The molecule has 0 spiro atoms. The molecule has 1 heterocycles. The van der Waals surface area contributed by atoms with Crippen LogP contribution in [-0.4, -0.2) is 15.6 Å². The molecular formula is C8H10Cl3NO. The third-order valence-electron chi connectivity index (χ3n) is 2.60. The van der Waals surface area contributed by atoms with Crippen LogP contribution in [0.3, 0.4) is 0 Å². The molecule has 0 radical (unpaired) electrons. The molecule has 1 aliphatic heterocycles. The quantitative estimate of drug-likeness (QED) is 0.597. The number of oxime groups is 1. The number of hydrogen-bond donors (Lipinski definition) is 0. The Morgan fingerprint density at radius 3 is 2.77 bits per heavy atom. The third kappa shape index (κ3) is 1.90. The summed E-state index contributed by atoms with van der Waals surface area (Å²) in [7, 11) is 0. The van der Waals surface area contributed by atoms with Crippen molar-refractivity contribution < 1.29 is 4.84 Å². The van der Waals surface area contributed by atoms with Gasteiger partial charge in [-0.1, -0.05) is 46.4 Å². The van der Waals surface area contributed by atoms with Gasteiger partial charge in [0, 0.05) is 5.92 Å². The molecule has 0 aromatic heterocycles. The maximum atomic E-state index is 5.79. The van der Waals surface area contributed by atoms with Crippen LogP contribution in [0.5, 0.6) is 0 Å². The minimum atomic E-state index is -1.35. The standard InChI is InChI=1S/C8H10Cl3NO/c9-8(10,11)7-5-3-1-2-4-6(5)12-13-7/h5,7H,1-4H2. The van der Waals surface area contributed by atoms with E-state index in [-0.39, 0.29) is 12.0 Å². The monoisotopic (exact) mass is 241 g/mol. The Morgan fingerprint density at radius 1 is 1.31 bits per heavy atom. The molecule has 74 valence electrons. The van der Waals surface area contributed by atoms with E-state index in [4.69, 9.17) is 39.6 Å². The van der Waals surface area contributed by atoms with Crippen LogP contribution in [0.15, 0.2) is 5.16 Å². The molecule has 0 aromatic rings. The van der Waals surface area contributed by atoms with Gasteiger partial charge < -0.3 is 4.84 Å². The number of nitrogens with zero attached hydrogens (tertiary/aromatic N) is 1. The summed E-state index contributed by atoms with van der Waals surface area (Å²) in [5.74, 6) is 0.223. The number of rotatable bonds is 0. The molecule has 2 nitrogen and oxygen atoms in total. The first-order chi connectivity index (χ1) is 6.09. The predicted octanol–water partition coefficient (Wildman–Crippen LogP) is 3.30. The zero-order chi connectivity index (χ0) is 9.47. The Morgan fingerprint density at radius 2 is 2.08 bits per heavy atom. The molecule has 13 heavy (non-hydrogen) atoms. The van der Waals surface area contributed by atoms with E-state index in [1.165, 1.54) is 12.8 Å². The largest absolute Gasteiger partial charge is 0.387 e. The summed E-state index contributed by atoms with van der Waals surface area (Å²) in [5.41, 5.74) is 1.07. The van der Waals surface area contributed by atoms with E-state index in [9.17, 15) is 0 Å². The topological polar surface area (TPSA) is 21.6 Å². The van der Waals surface area contributed by atoms with E-state index in [0.717, 1.165) is 18.6 Å². The summed E-state index contributed by atoms with van der Waals surface area (Å²) >= 11 is 17.4. The molecule has 2 atom stereocenters. The minimum absolute atomic E-state index is 0.223. The van der Waals surface area contributed by atoms with Crippen LogP contribution in [0, 0.1) is 5.92 Å². The van der Waals surface area contributed by atoms with Gasteiger partial charge in [-0.15, -0.1) is 0 Å². The van der Waals surface area contributed by atoms with Crippen molar-refractivity contribution in [1.82, 2.24) is 0 Å². The van der Waals surface area contributed by atoms with E-state index in [1.807, 2.05) is 0 Å². The Labute approximate surface area is 92.2 Å². The van der Waals surface area contributed by atoms with E-state index in [2.05, 4.69) is 5.16 Å². The molecule has 2 rings (SSSR count). The fraction of sp³-hybridized carbons (Fsp3) is 0.875. The lowest BCUT2D eigenvalue weighted by molar-refractivity contribution is 0.0622. The van der Waals surface area contributed by atoms with Crippen LogP contribution in [0.1, 0.15) is 25.7 Å². The smallest absolute Gasteiger partial charge is 0.230 e. The van der Waals surface area contributed by atoms with Crippen molar-refractivity contribution in [2.45, 2.75) is 35.6 Å². The highest BCUT2D eigenvalue weighted by molar-refractivity contribution is 6.68. The highest BCUT2D eigenvalue weighted by Crippen LogP contribution is 2.43. The normalized spacial score (nSPS) is 33.6. The lowest BCUT2D eigenvalue weighted by Gasteiger charge is -2.26. The van der Waals surface area contributed by atoms with Crippen molar-refractivity contribution in [1.29, 1.82) is 0 Å². The zero-order valence-corrected chi connectivity index (χ0v) is 9.24. The Bertz CT molecular complexity index is 236. The molecule has 2 unspecified atom stereocenters. The van der Waals surface area contributed by atoms with Crippen molar-refractivity contribution >= 4 is 40.5 Å². The second-order valence-electron chi connectivity index (χ2n) is 3.50. The first kappa shape index (κ1) is 9.88. The molecule has 0 saturated heterocycles. The van der Waals surface area contributed by atoms with Crippen LogP contribution in [-0.2, 0) is 4.84 Å². The maximum absolute atomic E-state index is 5.79. The van der Waals surface area contributed by atoms with Crippen molar-refractivity contribution in [2.24, 2.45) is 11.1 Å². The molecule has 2 aliphatic rings. The molecular weight excluding hydrogens is 232 g/mol. The number of alkyl halides is 3. The predicted molar refractivity (Wildman–Crippen MR) is 54.6 cm³/mol. The van der Waals surface area contributed by atoms with Gasteiger partial charge >= 0.3 is 0 Å². The lowest BCUT2D eigenvalue weighted by atomic mass is 9.84. The second-order valence-corrected chi connectivity index (χ2v) is 5.87. The average Bonchev–Trinajstić information content (AvgIpc) is 2.45. The second kappa shape index (κ2) is 3.48. The summed E-state index contributed by atoms with van der Waals surface area (Å²) in [4.78, 5) is 5.16. The average molecular weight is 243 g/mol. The van der Waals surface area contributed by atoms with Gasteiger partial charge in [-0.3, -0.25) is 0 Å². The molecule has 0 aromatic carbocycles. The fourth-order valence-corrected chi connectivity index (χ4v) is 2.52. The molecule has 0 amide bonds. The number of fused-ring (bicyclic) bond motifs is 1. The van der Waals surface area contributed by atoms with E-state index in [0.29, 0.717) is 0 Å². The summed E-state index contributed by atoms with van der Waals surface area (Å²) in [6.07, 6.45) is 3.97. The van der Waals surface area contributed by atoms with Gasteiger partial charge in [-0.25, -0.2) is 0 Å². The van der Waals surface area contributed by atoms with Crippen LogP contribution in [0.4, 0.5) is 0 Å². The lowest BCUT2D eigenvalue weighted by Crippen LogP contribution is -2.36. The van der Waals surface area contributed by atoms with E-state index >= 15 is 0 Å². The number of halogens is 3. The first-order valence-corrected chi connectivity index (χ1v) is 5.52. The Balaban J connectivity index is 2.11. The van der Waals surface area contributed by atoms with Crippen molar-refractivity contribution in [2.75, 3.05) is 0 Å². The molecule has 1 saturated carbocycles. The van der Waals surface area contributed by atoms with E-state index in [1.54, 1.807) is 0 Å². The summed E-state index contributed by atoms with van der Waals surface area (Å²) < 4.78 is -1.35. The number of hydrogen-bond acceptors (Lipinski definition) is 2. The Kier molecular flexibility index (Phi) is 2.65. The SMILES string of the molecule is ClC(Cl)(Cl)C1ON=C2CCCCC21. The van der Waals surface area contributed by atoms with Gasteiger partial charge in [0.15, 0.2) is 6.10 Å². The van der Waals surface area contributed by atoms with Crippen LogP contribution in [0.2, 0.25) is 0 Å². The molecule has 0 bridgehead atoms. The summed E-state index contributed by atoms with van der Waals surface area (Å²) in [5, 5.41) is 3.97. The van der Waals surface area contributed by atoms with Gasteiger partial charge in [-0.05, 0) is 19.3 Å². The first-order valence-electron chi connectivity index (χ1n) is 4.38. The fourth-order valence-electron chi connectivity index (χ4n) is 1.95. The molecule has 1 fully saturated rings. The van der Waals surface area contributed by atoms with Crippen molar-refractivity contribution in [3.63, 3.8) is 0 Å². The molecule has 0 N–H and O–H groups in total. The van der Waals surface area contributed by atoms with Crippen LogP contribution in [0.25, 0.3) is 0 Å². The molecule has 5 heteroatoms. The highest BCUT2D eigenvalue weighted by atomic mass is 35.6. The van der Waals surface area contributed by atoms with Gasteiger partial charge in [0.25, 0.3) is 0 Å². The zero-order valence-electron chi connectivity index (χ0n) is 6.97. The third-order valence-corrected chi connectivity index (χ3v) is 3.24. The van der Waals surface area contributed by atoms with Gasteiger partial charge in [-0.2, -0.15) is 0 Å². The molecule has 1 aliphatic carbocycles. The van der Waals surface area contributed by atoms with Gasteiger partial charge in [0.1, 0.15) is 0 Å². The van der Waals surface area contributed by atoms with Crippen molar-refractivity contribution in [3.8, 4) is 0 Å². The van der Waals surface area contributed by atoms with E-state index < -0.39 is 3.79 Å². The Hall–Kier alpha value is 0.340. The summed E-state index contributed by atoms with van der Waals surface area (Å²) in [6, 6.07) is 0. The van der Waals surface area contributed by atoms with Crippen molar-refractivity contribution in [3.05, 3.63) is 0 Å². The van der Waals surface area contributed by atoms with Crippen LogP contribution < -0.4 is 0 Å². The summed E-state index contributed by atoms with van der Waals surface area (Å²) in [6.45, 7) is 0. The van der Waals surface area contributed by atoms with Gasteiger partial charge in [0.2, 0.25) is 3.79 Å². The minimum Gasteiger partial charge on any atom is -0.387 e. The maximum Gasteiger partial charge on any atom is 0.230 e.